The molecule has 0 saturated carbocycles. The summed E-state index contributed by atoms with van der Waals surface area (Å²) >= 11 is 1.21. The molecule has 1 amide bonds. The first kappa shape index (κ1) is 24.8. The molecule has 0 fully saturated rings. The maximum absolute atomic E-state index is 13.8. The van der Waals surface area contributed by atoms with Gasteiger partial charge in [-0.3, -0.25) is 23.6 Å². The van der Waals surface area contributed by atoms with Gasteiger partial charge in [0.15, 0.2) is 5.69 Å². The van der Waals surface area contributed by atoms with Crippen LogP contribution in [0.5, 0.6) is 0 Å². The molecule has 4 aromatic rings. The predicted molar refractivity (Wildman–Crippen MR) is 144 cm³/mol. The molecule has 1 unspecified atom stereocenters. The summed E-state index contributed by atoms with van der Waals surface area (Å²) in [6.45, 7) is 4.92. The predicted octanol–water partition coefficient (Wildman–Crippen LogP) is 3.82. The number of amides is 1. The summed E-state index contributed by atoms with van der Waals surface area (Å²) in [6.07, 6.45) is 3.52. The van der Waals surface area contributed by atoms with Gasteiger partial charge in [-0.1, -0.05) is 24.1 Å². The van der Waals surface area contributed by atoms with Crippen molar-refractivity contribution in [3.05, 3.63) is 80.6 Å². The van der Waals surface area contributed by atoms with Gasteiger partial charge in [0.05, 0.1) is 22.6 Å². The molecule has 1 aliphatic rings. The van der Waals surface area contributed by atoms with E-state index in [0.29, 0.717) is 35.6 Å². The highest BCUT2D eigenvalue weighted by Gasteiger charge is 2.25. The summed E-state index contributed by atoms with van der Waals surface area (Å²) in [6, 6.07) is 8.33. The average molecular weight is 522 g/mol. The molecule has 192 valence electrons. The Morgan fingerprint density at radius 3 is 2.68 bits per heavy atom. The van der Waals surface area contributed by atoms with Crippen LogP contribution in [0.2, 0.25) is 0 Å². The normalized spacial score (nSPS) is 13.6. The number of nitrogens with one attached hydrogen (secondary N) is 2. The van der Waals surface area contributed by atoms with E-state index in [2.05, 4.69) is 15.1 Å². The molecule has 11 heteroatoms. The van der Waals surface area contributed by atoms with Crippen molar-refractivity contribution in [2.45, 2.75) is 33.0 Å². The molecule has 2 aromatic heterocycles. The van der Waals surface area contributed by atoms with Crippen LogP contribution < -0.4 is 20.5 Å². The molecule has 1 atom stereocenters. The van der Waals surface area contributed by atoms with Gasteiger partial charge in [0.25, 0.3) is 11.5 Å². The summed E-state index contributed by atoms with van der Waals surface area (Å²) < 4.78 is 19.6. The third-order valence-electron chi connectivity index (χ3n) is 6.58. The van der Waals surface area contributed by atoms with Gasteiger partial charge in [-0.25, -0.2) is 9.37 Å². The molecule has 2 aromatic carbocycles. The minimum Gasteiger partial charge on any atom is -0.375 e. The van der Waals surface area contributed by atoms with Crippen molar-refractivity contribution in [3.8, 4) is 0 Å². The number of hydrogen-bond acceptors (Lipinski definition) is 7. The zero-order valence-corrected chi connectivity index (χ0v) is 22.1. The van der Waals surface area contributed by atoms with Crippen LogP contribution in [0.3, 0.4) is 0 Å². The topological polar surface area (TPSA) is 97.1 Å². The molecule has 0 radical (unpaired) electrons. The van der Waals surface area contributed by atoms with E-state index in [9.17, 15) is 14.0 Å². The fourth-order valence-corrected chi connectivity index (χ4v) is 5.15. The SMILES string of the molecule is CSNC(=O)c1nn(C)cc1NC(C)c1cc(C)cc2c(=O)n(C)c(N3Cc4ccc(F)cc4C3)nc12. The fourth-order valence-electron chi connectivity index (χ4n) is 4.87. The summed E-state index contributed by atoms with van der Waals surface area (Å²) in [4.78, 5) is 33.0. The Morgan fingerprint density at radius 2 is 1.92 bits per heavy atom. The minimum absolute atomic E-state index is 0.152. The first-order valence-corrected chi connectivity index (χ1v) is 13.1. The number of halogens is 1. The van der Waals surface area contributed by atoms with Crippen LogP contribution in [0.1, 0.15) is 45.7 Å². The Bertz CT molecular complexity index is 1600. The Kier molecular flexibility index (Phi) is 6.40. The largest absolute Gasteiger partial charge is 0.375 e. The van der Waals surface area contributed by atoms with Crippen molar-refractivity contribution in [1.82, 2.24) is 24.1 Å². The van der Waals surface area contributed by atoms with Crippen molar-refractivity contribution >= 4 is 40.4 Å². The average Bonchev–Trinajstić information content (AvgIpc) is 3.43. The summed E-state index contributed by atoms with van der Waals surface area (Å²) in [5.74, 6) is -0.0522. The van der Waals surface area contributed by atoms with Crippen LogP contribution in [-0.4, -0.2) is 31.5 Å². The standard InChI is InChI=1S/C26H28FN7O2S/c1-14-8-19(15(2)28-21-13-32(3)30-23(21)24(35)31-37-5)22-20(9-14)25(36)33(4)26(29-22)34-11-16-6-7-18(27)10-17(16)12-34/h6-10,13,15,28H,11-12H2,1-5H3,(H,31,35). The molecule has 2 N–H and O–H groups in total. The van der Waals surface area contributed by atoms with Crippen LogP contribution >= 0.6 is 11.9 Å². The zero-order valence-electron chi connectivity index (χ0n) is 21.3. The number of carbonyl (C=O) groups excluding carboxylic acids is 1. The lowest BCUT2D eigenvalue weighted by molar-refractivity contribution is 0.0979. The van der Waals surface area contributed by atoms with Crippen LogP contribution in [0.15, 0.2) is 41.3 Å². The van der Waals surface area contributed by atoms with Crippen LogP contribution in [0, 0.1) is 12.7 Å². The van der Waals surface area contributed by atoms with Gasteiger partial charge in [0, 0.05) is 45.2 Å². The Hall–Kier alpha value is -3.86. The van der Waals surface area contributed by atoms with Crippen molar-refractivity contribution in [2.24, 2.45) is 14.1 Å². The zero-order chi connectivity index (χ0) is 26.4. The van der Waals surface area contributed by atoms with Crippen molar-refractivity contribution in [2.75, 3.05) is 16.5 Å². The number of carbonyl (C=O) groups is 1. The number of aryl methyl sites for hydroxylation is 2. The van der Waals surface area contributed by atoms with Gasteiger partial charge < -0.3 is 10.2 Å². The van der Waals surface area contributed by atoms with E-state index in [1.807, 2.05) is 30.9 Å². The van der Waals surface area contributed by atoms with E-state index in [0.717, 1.165) is 22.3 Å². The molecule has 0 spiro atoms. The van der Waals surface area contributed by atoms with Crippen molar-refractivity contribution in [1.29, 1.82) is 0 Å². The first-order valence-electron chi connectivity index (χ1n) is 11.8. The molecule has 5 rings (SSSR count). The smallest absolute Gasteiger partial charge is 0.283 e. The highest BCUT2D eigenvalue weighted by Crippen LogP contribution is 2.31. The second-order valence-corrected chi connectivity index (χ2v) is 9.97. The number of anilines is 2. The Labute approximate surface area is 217 Å². The van der Waals surface area contributed by atoms with Gasteiger partial charge in [0.1, 0.15) is 5.82 Å². The van der Waals surface area contributed by atoms with Gasteiger partial charge >= 0.3 is 0 Å². The van der Waals surface area contributed by atoms with E-state index >= 15 is 0 Å². The van der Waals surface area contributed by atoms with Crippen LogP contribution in [0.4, 0.5) is 16.0 Å². The second-order valence-electron chi connectivity index (χ2n) is 9.36. The van der Waals surface area contributed by atoms with Crippen molar-refractivity contribution in [3.63, 3.8) is 0 Å². The molecule has 37 heavy (non-hydrogen) atoms. The van der Waals surface area contributed by atoms with Gasteiger partial charge in [-0.05, 0) is 48.7 Å². The Balaban J connectivity index is 1.56. The van der Waals surface area contributed by atoms with E-state index < -0.39 is 0 Å². The second kappa shape index (κ2) is 9.55. The lowest BCUT2D eigenvalue weighted by Gasteiger charge is -2.22. The molecule has 1 aliphatic heterocycles. The van der Waals surface area contributed by atoms with Crippen molar-refractivity contribution < 1.29 is 9.18 Å². The lowest BCUT2D eigenvalue weighted by Crippen LogP contribution is -2.28. The number of aromatic nitrogens is 4. The lowest BCUT2D eigenvalue weighted by atomic mass is 10.0. The molecule has 0 saturated heterocycles. The Morgan fingerprint density at radius 1 is 1.16 bits per heavy atom. The van der Waals surface area contributed by atoms with E-state index in [1.54, 1.807) is 41.9 Å². The quantitative estimate of drug-likeness (QED) is 0.373. The summed E-state index contributed by atoms with van der Waals surface area (Å²) in [5.41, 5.74) is 4.97. The van der Waals surface area contributed by atoms with Crippen LogP contribution in [-0.2, 0) is 27.2 Å². The first-order chi connectivity index (χ1) is 17.7. The maximum atomic E-state index is 13.8. The number of rotatable bonds is 6. The number of nitrogens with zero attached hydrogens (tertiary/aromatic N) is 5. The van der Waals surface area contributed by atoms with Gasteiger partial charge in [0.2, 0.25) is 5.95 Å². The molecule has 0 bridgehead atoms. The third kappa shape index (κ3) is 4.55. The number of benzene rings is 2. The highest BCUT2D eigenvalue weighted by molar-refractivity contribution is 7.97. The summed E-state index contributed by atoms with van der Waals surface area (Å²) in [5, 5.41) is 8.21. The van der Waals surface area contributed by atoms with Gasteiger partial charge in [-0.2, -0.15) is 5.10 Å². The molecule has 9 nitrogen and oxygen atoms in total. The molecular weight excluding hydrogens is 493 g/mol. The number of hydrogen-bond donors (Lipinski definition) is 2. The minimum atomic E-state index is -0.295. The molecule has 0 aliphatic carbocycles. The fraction of sp³-hybridized carbons (Fsp3) is 0.308. The maximum Gasteiger partial charge on any atom is 0.283 e. The van der Waals surface area contributed by atoms with Gasteiger partial charge in [-0.15, -0.1) is 0 Å². The van der Waals surface area contributed by atoms with E-state index in [-0.39, 0.29) is 29.0 Å². The van der Waals surface area contributed by atoms with E-state index in [4.69, 9.17) is 4.98 Å². The third-order valence-corrected chi connectivity index (χ3v) is 6.97. The number of fused-ring (bicyclic) bond motifs is 2. The molecule has 3 heterocycles. The highest BCUT2D eigenvalue weighted by atomic mass is 32.2. The van der Waals surface area contributed by atoms with Crippen LogP contribution in [0.25, 0.3) is 10.9 Å². The summed E-state index contributed by atoms with van der Waals surface area (Å²) in [7, 11) is 3.47. The molecular formula is C26H28FN7O2S. The monoisotopic (exact) mass is 521 g/mol. The van der Waals surface area contributed by atoms with E-state index in [1.165, 1.54) is 24.1 Å².